The molecule has 5 heteroatoms. The van der Waals surface area contributed by atoms with E-state index in [2.05, 4.69) is 16.2 Å². The number of carbonyl (C=O) groups is 1. The Bertz CT molecular complexity index is 800. The van der Waals surface area contributed by atoms with Crippen molar-refractivity contribution in [3.8, 4) is 12.3 Å². The molecule has 122 valence electrons. The molecular weight excluding hydrogens is 302 g/mol. The number of pyridine rings is 1. The maximum absolute atomic E-state index is 12.0. The lowest BCUT2D eigenvalue weighted by atomic mass is 9.99. The highest BCUT2D eigenvalue weighted by Gasteiger charge is 2.18. The number of rotatable bonds is 3. The van der Waals surface area contributed by atoms with Gasteiger partial charge >= 0.3 is 6.09 Å². The first-order valence-corrected chi connectivity index (χ1v) is 7.40. The molecule has 0 bridgehead atoms. The Labute approximate surface area is 141 Å². The van der Waals surface area contributed by atoms with E-state index in [0.29, 0.717) is 22.4 Å². The van der Waals surface area contributed by atoms with Crippen LogP contribution in [0.3, 0.4) is 0 Å². The number of nitrogens with one attached hydrogen (secondary N) is 2. The van der Waals surface area contributed by atoms with Gasteiger partial charge in [-0.3, -0.25) is 15.7 Å². The average molecular weight is 321 g/mol. The Morgan fingerprint density at radius 1 is 1.25 bits per heavy atom. The van der Waals surface area contributed by atoms with Gasteiger partial charge in [0.2, 0.25) is 0 Å². The van der Waals surface area contributed by atoms with Crippen LogP contribution in [0, 0.1) is 17.8 Å². The van der Waals surface area contributed by atoms with E-state index in [9.17, 15) is 4.79 Å². The minimum atomic E-state index is -0.610. The van der Waals surface area contributed by atoms with Gasteiger partial charge in [-0.25, -0.2) is 4.79 Å². The van der Waals surface area contributed by atoms with E-state index < -0.39 is 11.7 Å². The second kappa shape index (κ2) is 6.97. The number of terminal acetylenes is 1. The fourth-order valence-electron chi connectivity index (χ4n) is 2.04. The summed E-state index contributed by atoms with van der Waals surface area (Å²) in [6.45, 7) is 5.36. The number of hydrogen-bond donors (Lipinski definition) is 2. The van der Waals surface area contributed by atoms with Crippen LogP contribution in [-0.4, -0.2) is 22.4 Å². The second-order valence-corrected chi connectivity index (χ2v) is 6.14. The molecule has 2 N–H and O–H groups in total. The molecule has 1 heterocycles. The summed E-state index contributed by atoms with van der Waals surface area (Å²) in [6.07, 6.45) is 8.08. The molecule has 0 unspecified atom stereocenters. The van der Waals surface area contributed by atoms with Crippen LogP contribution in [0.5, 0.6) is 0 Å². The zero-order valence-electron chi connectivity index (χ0n) is 13.9. The Balaban J connectivity index is 2.37. The first kappa shape index (κ1) is 17.2. The summed E-state index contributed by atoms with van der Waals surface area (Å²) >= 11 is 0. The Hall–Kier alpha value is -3.13. The lowest BCUT2D eigenvalue weighted by Crippen LogP contribution is -2.27. The van der Waals surface area contributed by atoms with Crippen LogP contribution in [0.2, 0.25) is 0 Å². The number of anilines is 1. The van der Waals surface area contributed by atoms with Gasteiger partial charge in [-0.05, 0) is 51.1 Å². The van der Waals surface area contributed by atoms with Crippen molar-refractivity contribution in [2.24, 2.45) is 0 Å². The molecule has 1 aromatic carbocycles. The van der Waals surface area contributed by atoms with Crippen molar-refractivity contribution < 1.29 is 9.53 Å². The zero-order valence-corrected chi connectivity index (χ0v) is 13.9. The second-order valence-electron chi connectivity index (χ2n) is 6.14. The highest BCUT2D eigenvalue weighted by atomic mass is 16.6. The summed E-state index contributed by atoms with van der Waals surface area (Å²) in [5, 5.41) is 11.1. The quantitative estimate of drug-likeness (QED) is 0.666. The molecule has 0 fully saturated rings. The number of aromatic nitrogens is 1. The lowest BCUT2D eigenvalue weighted by molar-refractivity contribution is 0.0636. The smallest absolute Gasteiger partial charge is 0.412 e. The van der Waals surface area contributed by atoms with Crippen LogP contribution < -0.4 is 5.32 Å². The highest BCUT2D eigenvalue weighted by molar-refractivity contribution is 6.15. The summed E-state index contributed by atoms with van der Waals surface area (Å²) in [5.41, 5.74) is 1.90. The molecule has 0 aliphatic heterocycles. The van der Waals surface area contributed by atoms with Crippen LogP contribution in [0.1, 0.15) is 37.5 Å². The molecule has 2 aromatic rings. The van der Waals surface area contributed by atoms with Crippen molar-refractivity contribution in [3.05, 3.63) is 59.4 Å². The predicted octanol–water partition coefficient (Wildman–Crippen LogP) is 3.83. The van der Waals surface area contributed by atoms with Gasteiger partial charge in [0.05, 0.1) is 11.4 Å². The Morgan fingerprint density at radius 3 is 2.50 bits per heavy atom. The van der Waals surface area contributed by atoms with Crippen LogP contribution in [0.4, 0.5) is 10.5 Å². The van der Waals surface area contributed by atoms with E-state index in [1.165, 1.54) is 0 Å². The van der Waals surface area contributed by atoms with Crippen LogP contribution in [0.15, 0.2) is 42.7 Å². The molecule has 0 atom stereocenters. The third-order valence-electron chi connectivity index (χ3n) is 3.06. The Kier molecular flexibility index (Phi) is 5.00. The van der Waals surface area contributed by atoms with E-state index in [0.717, 1.165) is 0 Å². The van der Waals surface area contributed by atoms with E-state index in [-0.39, 0.29) is 5.71 Å². The molecule has 0 radical (unpaired) electrons. The summed E-state index contributed by atoms with van der Waals surface area (Å²) in [4.78, 5) is 16.0. The van der Waals surface area contributed by atoms with Crippen LogP contribution in [0.25, 0.3) is 0 Å². The third kappa shape index (κ3) is 4.43. The van der Waals surface area contributed by atoms with Crippen molar-refractivity contribution in [3.63, 3.8) is 0 Å². The maximum Gasteiger partial charge on any atom is 0.412 e. The van der Waals surface area contributed by atoms with Gasteiger partial charge in [0.25, 0.3) is 0 Å². The minimum Gasteiger partial charge on any atom is -0.444 e. The van der Waals surface area contributed by atoms with Gasteiger partial charge in [0.15, 0.2) is 0 Å². The average Bonchev–Trinajstić information content (AvgIpc) is 2.53. The fraction of sp³-hybridized carbons (Fsp3) is 0.211. The van der Waals surface area contributed by atoms with E-state index in [4.69, 9.17) is 16.6 Å². The molecule has 0 saturated carbocycles. The molecule has 5 nitrogen and oxygen atoms in total. The number of carbonyl (C=O) groups excluding carboxylic acids is 1. The first-order valence-electron chi connectivity index (χ1n) is 7.40. The van der Waals surface area contributed by atoms with Crippen molar-refractivity contribution in [1.29, 1.82) is 5.41 Å². The summed E-state index contributed by atoms with van der Waals surface area (Å²) in [5.74, 6) is 2.54. The SMILES string of the molecule is C#Cc1ccc(NC(=O)OC(C)(C)C)c(C(=N)c2ccncc2)c1. The monoisotopic (exact) mass is 321 g/mol. The van der Waals surface area contributed by atoms with Crippen molar-refractivity contribution in [2.75, 3.05) is 5.32 Å². The van der Waals surface area contributed by atoms with Gasteiger partial charge in [0, 0.05) is 29.1 Å². The summed E-state index contributed by atoms with van der Waals surface area (Å²) in [7, 11) is 0. The molecule has 2 rings (SSSR count). The molecule has 1 amide bonds. The molecule has 0 spiro atoms. The summed E-state index contributed by atoms with van der Waals surface area (Å²) in [6, 6.07) is 8.51. The van der Waals surface area contributed by atoms with Gasteiger partial charge in [0.1, 0.15) is 5.60 Å². The maximum atomic E-state index is 12.0. The molecule has 1 aromatic heterocycles. The fourth-order valence-corrected chi connectivity index (χ4v) is 2.04. The largest absolute Gasteiger partial charge is 0.444 e. The normalized spacial score (nSPS) is 10.6. The molecule has 0 aliphatic rings. The van der Waals surface area contributed by atoms with Gasteiger partial charge < -0.3 is 4.74 Å². The number of ether oxygens (including phenoxy) is 1. The number of nitrogens with zero attached hydrogens (tertiary/aromatic N) is 1. The van der Waals surface area contributed by atoms with Gasteiger partial charge in [-0.2, -0.15) is 0 Å². The molecule has 24 heavy (non-hydrogen) atoms. The summed E-state index contributed by atoms with van der Waals surface area (Å²) < 4.78 is 5.27. The predicted molar refractivity (Wildman–Crippen MR) is 94.4 cm³/mol. The van der Waals surface area contributed by atoms with Crippen LogP contribution >= 0.6 is 0 Å². The molecule has 0 aliphatic carbocycles. The van der Waals surface area contributed by atoms with Crippen LogP contribution in [-0.2, 0) is 4.74 Å². The van der Waals surface area contributed by atoms with Crippen molar-refractivity contribution in [2.45, 2.75) is 26.4 Å². The lowest BCUT2D eigenvalue weighted by Gasteiger charge is -2.20. The highest BCUT2D eigenvalue weighted by Crippen LogP contribution is 2.22. The van der Waals surface area contributed by atoms with Crippen molar-refractivity contribution >= 4 is 17.5 Å². The number of benzene rings is 1. The van der Waals surface area contributed by atoms with Crippen molar-refractivity contribution in [1.82, 2.24) is 4.98 Å². The molecule has 0 saturated heterocycles. The topological polar surface area (TPSA) is 75.1 Å². The standard InChI is InChI=1S/C19H19N3O2/c1-5-13-6-7-16(22-18(23)24-19(2,3)4)15(12-13)17(20)14-8-10-21-11-9-14/h1,6-12,20H,2-4H3,(H,22,23). The Morgan fingerprint density at radius 2 is 1.92 bits per heavy atom. The van der Waals surface area contributed by atoms with Gasteiger partial charge in [-0.15, -0.1) is 6.42 Å². The molecular formula is C19H19N3O2. The van der Waals surface area contributed by atoms with E-state index in [1.807, 2.05) is 0 Å². The number of hydrogen-bond acceptors (Lipinski definition) is 4. The van der Waals surface area contributed by atoms with E-state index >= 15 is 0 Å². The first-order chi connectivity index (χ1) is 11.3. The van der Waals surface area contributed by atoms with Gasteiger partial charge in [-0.1, -0.05) is 5.92 Å². The number of amides is 1. The van der Waals surface area contributed by atoms with E-state index in [1.54, 1.807) is 63.5 Å². The minimum absolute atomic E-state index is 0.237. The zero-order chi connectivity index (χ0) is 17.7. The third-order valence-corrected chi connectivity index (χ3v) is 3.06.